The second-order valence-electron chi connectivity index (χ2n) is 9.57. The van der Waals surface area contributed by atoms with Crippen molar-refractivity contribution in [3.63, 3.8) is 0 Å². The van der Waals surface area contributed by atoms with Crippen molar-refractivity contribution in [1.29, 1.82) is 0 Å². The summed E-state index contributed by atoms with van der Waals surface area (Å²) >= 11 is 0. The Balaban J connectivity index is 0.982. The van der Waals surface area contributed by atoms with Crippen LogP contribution < -0.4 is 4.90 Å². The first kappa shape index (κ1) is 22.6. The van der Waals surface area contributed by atoms with Gasteiger partial charge in [-0.2, -0.15) is 9.50 Å². The van der Waals surface area contributed by atoms with Gasteiger partial charge in [-0.25, -0.2) is 0 Å². The number of piperazine rings is 1. The van der Waals surface area contributed by atoms with Crippen LogP contribution in [0.15, 0.2) is 47.2 Å². The first-order valence-corrected chi connectivity index (χ1v) is 12.5. The molecule has 6 rings (SSSR count). The lowest BCUT2D eigenvalue weighted by molar-refractivity contribution is -0.138. The molecule has 0 atom stereocenters. The quantitative estimate of drug-likeness (QED) is 0.418. The van der Waals surface area contributed by atoms with Gasteiger partial charge < -0.3 is 14.3 Å². The number of carbonyl (C=O) groups excluding carboxylic acids is 1. The maximum absolute atomic E-state index is 13.2. The number of carbonyl (C=O) groups is 1. The van der Waals surface area contributed by atoms with Crippen LogP contribution in [0, 0.1) is 12.8 Å². The number of amides is 1. The molecule has 4 aromatic rings. The van der Waals surface area contributed by atoms with Gasteiger partial charge in [-0.3, -0.25) is 9.69 Å². The van der Waals surface area contributed by atoms with Crippen LogP contribution in [-0.2, 0) is 11.3 Å². The first-order valence-electron chi connectivity index (χ1n) is 12.5. The molecule has 2 aliphatic rings. The van der Waals surface area contributed by atoms with Crippen LogP contribution in [0.25, 0.3) is 17.0 Å². The predicted octanol–water partition coefficient (Wildman–Crippen LogP) is 2.04. The van der Waals surface area contributed by atoms with E-state index in [9.17, 15) is 4.79 Å². The lowest BCUT2D eigenvalue weighted by Gasteiger charge is -2.38. The number of hydrogen-bond acceptors (Lipinski definition) is 9. The molecule has 0 aliphatic carbocycles. The molecule has 2 saturated heterocycles. The largest absolute Gasteiger partial charge is 0.355 e. The van der Waals surface area contributed by atoms with Crippen LogP contribution in [0.4, 0.5) is 5.82 Å². The van der Waals surface area contributed by atoms with E-state index in [-0.39, 0.29) is 11.8 Å². The first-order chi connectivity index (χ1) is 17.6. The summed E-state index contributed by atoms with van der Waals surface area (Å²) in [7, 11) is 0. The van der Waals surface area contributed by atoms with Crippen molar-refractivity contribution in [1.82, 2.24) is 39.8 Å². The molecule has 11 heteroatoms. The number of nitrogens with zero attached hydrogens (tertiary/aromatic N) is 9. The van der Waals surface area contributed by atoms with Gasteiger partial charge in [0.1, 0.15) is 12.1 Å². The third kappa shape index (κ3) is 4.66. The minimum absolute atomic E-state index is 0.0689. The maximum Gasteiger partial charge on any atom is 0.241 e. The molecule has 2 fully saturated rings. The Morgan fingerprint density at radius 2 is 1.78 bits per heavy atom. The minimum Gasteiger partial charge on any atom is -0.355 e. The van der Waals surface area contributed by atoms with E-state index >= 15 is 0 Å². The molecular weight excluding hydrogens is 458 g/mol. The van der Waals surface area contributed by atoms with Crippen LogP contribution in [-0.4, -0.2) is 84.9 Å². The van der Waals surface area contributed by atoms with E-state index in [1.165, 1.54) is 5.56 Å². The van der Waals surface area contributed by atoms with Gasteiger partial charge in [0.2, 0.25) is 17.6 Å². The van der Waals surface area contributed by atoms with Gasteiger partial charge in [-0.15, -0.1) is 15.3 Å². The second kappa shape index (κ2) is 9.65. The van der Waals surface area contributed by atoms with Gasteiger partial charge in [-0.1, -0.05) is 35.0 Å². The molecule has 11 nitrogen and oxygen atoms in total. The highest BCUT2D eigenvalue weighted by Gasteiger charge is 2.31. The van der Waals surface area contributed by atoms with E-state index < -0.39 is 0 Å². The molecule has 0 saturated carbocycles. The SMILES string of the molecule is Cc1ccc(-c2noc(CN3CCN(C(=O)C4CCN(c5ccc6nncn6n5)CC4)CC3)n2)cc1. The molecule has 3 aromatic heterocycles. The molecule has 0 bridgehead atoms. The lowest BCUT2D eigenvalue weighted by atomic mass is 9.95. The molecule has 0 radical (unpaired) electrons. The number of aromatic nitrogens is 6. The smallest absolute Gasteiger partial charge is 0.241 e. The van der Waals surface area contributed by atoms with Gasteiger partial charge in [-0.05, 0) is 31.9 Å². The monoisotopic (exact) mass is 487 g/mol. The van der Waals surface area contributed by atoms with Crippen LogP contribution >= 0.6 is 0 Å². The van der Waals surface area contributed by atoms with Crippen molar-refractivity contribution in [2.75, 3.05) is 44.2 Å². The number of rotatable bonds is 5. The Hall–Kier alpha value is -3.86. The summed E-state index contributed by atoms with van der Waals surface area (Å²) in [6.07, 6.45) is 3.28. The van der Waals surface area contributed by atoms with Crippen LogP contribution in [0.2, 0.25) is 0 Å². The van der Waals surface area contributed by atoms with E-state index in [1.54, 1.807) is 10.8 Å². The zero-order valence-electron chi connectivity index (χ0n) is 20.3. The number of hydrogen-bond donors (Lipinski definition) is 0. The fraction of sp³-hybridized carbons (Fsp3) is 0.440. The van der Waals surface area contributed by atoms with Gasteiger partial charge >= 0.3 is 0 Å². The maximum atomic E-state index is 13.2. The van der Waals surface area contributed by atoms with Gasteiger partial charge in [0.15, 0.2) is 5.65 Å². The summed E-state index contributed by atoms with van der Waals surface area (Å²) < 4.78 is 7.17. The van der Waals surface area contributed by atoms with E-state index in [4.69, 9.17) is 4.52 Å². The highest BCUT2D eigenvalue weighted by Crippen LogP contribution is 2.24. The summed E-state index contributed by atoms with van der Waals surface area (Å²) in [4.78, 5) is 24.3. The molecule has 186 valence electrons. The fourth-order valence-electron chi connectivity index (χ4n) is 4.96. The number of aryl methyl sites for hydroxylation is 1. The molecular formula is C25H29N9O2. The molecule has 1 amide bonds. The Labute approximate surface area is 208 Å². The normalized spacial score (nSPS) is 17.7. The molecule has 5 heterocycles. The van der Waals surface area contributed by atoms with Crippen molar-refractivity contribution >= 4 is 17.4 Å². The van der Waals surface area contributed by atoms with E-state index in [0.717, 1.165) is 69.1 Å². The Kier molecular flexibility index (Phi) is 6.06. The molecule has 2 aliphatic heterocycles. The standard InChI is InChI=1S/C25H29N9O2/c1-18-2-4-19(5-3-18)24-27-23(36-30-24)16-31-12-14-33(15-13-31)25(35)20-8-10-32(11-9-20)22-7-6-21-28-26-17-34(21)29-22/h2-7,17,20H,8-16H2,1H3. The number of fused-ring (bicyclic) bond motifs is 1. The Bertz CT molecular complexity index is 1330. The van der Waals surface area contributed by atoms with E-state index in [2.05, 4.69) is 42.2 Å². The van der Waals surface area contributed by atoms with Crippen molar-refractivity contribution < 1.29 is 9.32 Å². The highest BCUT2D eigenvalue weighted by molar-refractivity contribution is 5.79. The fourth-order valence-corrected chi connectivity index (χ4v) is 4.96. The average Bonchev–Trinajstić information content (AvgIpc) is 3.58. The third-order valence-electron chi connectivity index (χ3n) is 7.14. The average molecular weight is 488 g/mol. The molecule has 36 heavy (non-hydrogen) atoms. The lowest BCUT2D eigenvalue weighted by Crippen LogP contribution is -2.51. The molecule has 0 N–H and O–H groups in total. The zero-order chi connectivity index (χ0) is 24.5. The summed E-state index contributed by atoms with van der Waals surface area (Å²) in [5.74, 6) is 2.46. The van der Waals surface area contributed by atoms with Crippen molar-refractivity contribution in [3.05, 3.63) is 54.2 Å². The van der Waals surface area contributed by atoms with E-state index in [1.807, 2.05) is 41.3 Å². The van der Waals surface area contributed by atoms with Crippen molar-refractivity contribution in [2.24, 2.45) is 5.92 Å². The van der Waals surface area contributed by atoms with Crippen molar-refractivity contribution in [3.8, 4) is 11.4 Å². The van der Waals surface area contributed by atoms with E-state index in [0.29, 0.717) is 18.3 Å². The topological polar surface area (TPSA) is 109 Å². The van der Waals surface area contributed by atoms with Crippen LogP contribution in [0.1, 0.15) is 24.3 Å². The number of anilines is 1. The third-order valence-corrected chi connectivity index (χ3v) is 7.14. The van der Waals surface area contributed by atoms with Crippen LogP contribution in [0.5, 0.6) is 0 Å². The molecule has 0 spiro atoms. The van der Waals surface area contributed by atoms with Gasteiger partial charge in [0.25, 0.3) is 0 Å². The minimum atomic E-state index is 0.0689. The molecule has 0 unspecified atom stereocenters. The zero-order valence-corrected chi connectivity index (χ0v) is 20.3. The highest BCUT2D eigenvalue weighted by atomic mass is 16.5. The summed E-state index contributed by atoms with van der Waals surface area (Å²) in [6, 6.07) is 12.0. The van der Waals surface area contributed by atoms with Gasteiger partial charge in [0.05, 0.1) is 6.54 Å². The summed E-state index contributed by atoms with van der Waals surface area (Å²) in [5, 5.41) is 16.6. The number of benzene rings is 1. The number of piperidine rings is 1. The molecule has 1 aromatic carbocycles. The Morgan fingerprint density at radius 3 is 2.56 bits per heavy atom. The second-order valence-corrected chi connectivity index (χ2v) is 9.57. The Morgan fingerprint density at radius 1 is 1.00 bits per heavy atom. The predicted molar refractivity (Wildman–Crippen MR) is 132 cm³/mol. The van der Waals surface area contributed by atoms with Crippen LogP contribution in [0.3, 0.4) is 0 Å². The summed E-state index contributed by atoms with van der Waals surface area (Å²) in [5.41, 5.74) is 2.88. The van der Waals surface area contributed by atoms with Crippen molar-refractivity contribution in [2.45, 2.75) is 26.3 Å². The summed E-state index contributed by atoms with van der Waals surface area (Å²) in [6.45, 7) is 7.34. The van der Waals surface area contributed by atoms with Gasteiger partial charge in [0, 0.05) is 50.7 Å².